The van der Waals surface area contributed by atoms with E-state index >= 15 is 0 Å². The van der Waals surface area contributed by atoms with E-state index in [1.165, 1.54) is 4.88 Å². The molecule has 0 aliphatic rings. The molecule has 1 heterocycles. The smallest absolute Gasteiger partial charge is 0.191 e. The Morgan fingerprint density at radius 1 is 1.35 bits per heavy atom. The van der Waals surface area contributed by atoms with Crippen molar-refractivity contribution in [2.75, 3.05) is 53.5 Å². The first-order valence-electron chi connectivity index (χ1n) is 7.98. The van der Waals surface area contributed by atoms with Gasteiger partial charge in [0.2, 0.25) is 0 Å². The highest BCUT2D eigenvalue weighted by molar-refractivity contribution is 14.0. The van der Waals surface area contributed by atoms with Crippen LogP contribution in [0.3, 0.4) is 0 Å². The Morgan fingerprint density at radius 3 is 2.83 bits per heavy atom. The normalized spacial score (nSPS) is 11.4. The lowest BCUT2D eigenvalue weighted by Gasteiger charge is -2.16. The number of ether oxygens (including phenoxy) is 1. The number of nitrogens with zero attached hydrogens (tertiary/aromatic N) is 2. The fourth-order valence-electron chi connectivity index (χ4n) is 2.02. The predicted molar refractivity (Wildman–Crippen MR) is 111 cm³/mol. The van der Waals surface area contributed by atoms with Gasteiger partial charge in [-0.2, -0.15) is 0 Å². The summed E-state index contributed by atoms with van der Waals surface area (Å²) in [7, 11) is 3.87. The molecule has 0 bridgehead atoms. The number of guanidine groups is 1. The Bertz CT molecular complexity index is 401. The van der Waals surface area contributed by atoms with Gasteiger partial charge < -0.3 is 20.3 Å². The third kappa shape index (κ3) is 11.7. The van der Waals surface area contributed by atoms with Crippen LogP contribution in [0.2, 0.25) is 0 Å². The van der Waals surface area contributed by atoms with Crippen molar-refractivity contribution in [3.63, 3.8) is 0 Å². The average molecular weight is 454 g/mol. The van der Waals surface area contributed by atoms with Gasteiger partial charge >= 0.3 is 0 Å². The molecule has 0 amide bonds. The van der Waals surface area contributed by atoms with Crippen molar-refractivity contribution >= 4 is 41.3 Å². The zero-order valence-electron chi connectivity index (χ0n) is 14.5. The molecule has 134 valence electrons. The Kier molecular flexibility index (Phi) is 14.9. The number of hydrogen-bond acceptors (Lipinski definition) is 4. The van der Waals surface area contributed by atoms with Crippen molar-refractivity contribution < 1.29 is 4.74 Å². The zero-order chi connectivity index (χ0) is 16.0. The molecular weight excluding hydrogens is 423 g/mol. The lowest BCUT2D eigenvalue weighted by Crippen LogP contribution is -2.38. The minimum absolute atomic E-state index is 0. The molecule has 0 aromatic carbocycles. The van der Waals surface area contributed by atoms with Gasteiger partial charge in [0, 0.05) is 44.8 Å². The molecule has 0 aliphatic heterocycles. The molecule has 2 N–H and O–H groups in total. The Hall–Kier alpha value is -0.380. The van der Waals surface area contributed by atoms with E-state index in [1.54, 1.807) is 18.4 Å². The molecule has 0 atom stereocenters. The lowest BCUT2D eigenvalue weighted by atomic mass is 10.3. The molecule has 23 heavy (non-hydrogen) atoms. The van der Waals surface area contributed by atoms with Crippen molar-refractivity contribution in [3.05, 3.63) is 22.4 Å². The van der Waals surface area contributed by atoms with Crippen LogP contribution in [-0.4, -0.2) is 64.3 Å². The highest BCUT2D eigenvalue weighted by Gasteiger charge is 2.00. The van der Waals surface area contributed by atoms with Crippen molar-refractivity contribution in [3.8, 4) is 0 Å². The second-order valence-corrected chi connectivity index (χ2v) is 6.20. The van der Waals surface area contributed by atoms with E-state index in [0.29, 0.717) is 0 Å². The van der Waals surface area contributed by atoms with Gasteiger partial charge in [-0.1, -0.05) is 6.07 Å². The number of aliphatic imine (C=N–C) groups is 1. The van der Waals surface area contributed by atoms with Crippen molar-refractivity contribution in [2.24, 2.45) is 4.99 Å². The fraction of sp³-hybridized carbons (Fsp3) is 0.688. The first-order chi connectivity index (χ1) is 10.8. The molecule has 1 rings (SSSR count). The van der Waals surface area contributed by atoms with Crippen LogP contribution in [-0.2, 0) is 11.2 Å². The summed E-state index contributed by atoms with van der Waals surface area (Å²) in [4.78, 5) is 8.32. The topological polar surface area (TPSA) is 48.9 Å². The average Bonchev–Trinajstić information content (AvgIpc) is 3.01. The molecule has 1 aromatic rings. The van der Waals surface area contributed by atoms with E-state index in [9.17, 15) is 0 Å². The van der Waals surface area contributed by atoms with E-state index in [1.807, 2.05) is 0 Å². The molecule has 0 aliphatic carbocycles. The minimum atomic E-state index is 0. The maximum atomic E-state index is 5.07. The van der Waals surface area contributed by atoms with E-state index in [4.69, 9.17) is 4.74 Å². The fourth-order valence-corrected chi connectivity index (χ4v) is 2.73. The molecule has 1 aromatic heterocycles. The van der Waals surface area contributed by atoms with Crippen LogP contribution in [0.25, 0.3) is 0 Å². The highest BCUT2D eigenvalue weighted by atomic mass is 127. The van der Waals surface area contributed by atoms with Crippen LogP contribution in [0.4, 0.5) is 0 Å². The summed E-state index contributed by atoms with van der Waals surface area (Å²) < 4.78 is 5.07. The number of nitrogens with one attached hydrogen (secondary N) is 2. The number of rotatable bonds is 11. The molecule has 7 heteroatoms. The summed E-state index contributed by atoms with van der Waals surface area (Å²) in [5.41, 5.74) is 0. The van der Waals surface area contributed by atoms with Gasteiger partial charge in [-0.05, 0) is 38.3 Å². The van der Waals surface area contributed by atoms with Gasteiger partial charge in [0.15, 0.2) is 5.96 Å². The SMILES string of the molecule is CCNC(=NCCN(C)CCCOC)NCCc1cccs1.I. The highest BCUT2D eigenvalue weighted by Crippen LogP contribution is 2.07. The van der Waals surface area contributed by atoms with Crippen molar-refractivity contribution in [1.82, 2.24) is 15.5 Å². The summed E-state index contributed by atoms with van der Waals surface area (Å²) in [6.45, 7) is 7.52. The monoisotopic (exact) mass is 454 g/mol. The van der Waals surface area contributed by atoms with E-state index in [-0.39, 0.29) is 24.0 Å². The van der Waals surface area contributed by atoms with E-state index in [0.717, 1.165) is 58.1 Å². The molecular formula is C16H31IN4OS. The van der Waals surface area contributed by atoms with E-state index in [2.05, 4.69) is 52.0 Å². The third-order valence-corrected chi connectivity index (χ3v) is 4.16. The van der Waals surface area contributed by atoms with Crippen molar-refractivity contribution in [2.45, 2.75) is 19.8 Å². The van der Waals surface area contributed by atoms with Crippen LogP contribution in [0, 0.1) is 0 Å². The third-order valence-electron chi connectivity index (χ3n) is 3.23. The standard InChI is InChI=1S/C16H30N4OS.HI/c1-4-17-16(18-9-8-15-7-5-14-22-15)19-10-12-20(2)11-6-13-21-3;/h5,7,14H,4,6,8-13H2,1-3H3,(H2,17,18,19);1H. The maximum Gasteiger partial charge on any atom is 0.191 e. The van der Waals surface area contributed by atoms with Gasteiger partial charge in [-0.3, -0.25) is 4.99 Å². The molecule has 0 fully saturated rings. The zero-order valence-corrected chi connectivity index (χ0v) is 17.7. The lowest BCUT2D eigenvalue weighted by molar-refractivity contribution is 0.180. The molecule has 0 saturated heterocycles. The summed E-state index contributed by atoms with van der Waals surface area (Å²) in [6, 6.07) is 4.27. The number of thiophene rings is 1. The first kappa shape index (κ1) is 22.6. The van der Waals surface area contributed by atoms with Crippen LogP contribution in [0.5, 0.6) is 0 Å². The first-order valence-corrected chi connectivity index (χ1v) is 8.86. The van der Waals surface area contributed by atoms with E-state index < -0.39 is 0 Å². The molecule has 0 radical (unpaired) electrons. The summed E-state index contributed by atoms with van der Waals surface area (Å²) in [6.07, 6.45) is 2.11. The summed E-state index contributed by atoms with van der Waals surface area (Å²) >= 11 is 1.80. The number of halogens is 1. The second kappa shape index (κ2) is 15.2. The van der Waals surface area contributed by atoms with Crippen molar-refractivity contribution in [1.29, 1.82) is 0 Å². The van der Waals surface area contributed by atoms with Gasteiger partial charge in [0.05, 0.1) is 6.54 Å². The van der Waals surface area contributed by atoms with Crippen LogP contribution in [0.15, 0.2) is 22.5 Å². The molecule has 5 nitrogen and oxygen atoms in total. The number of methoxy groups -OCH3 is 1. The molecule has 0 saturated carbocycles. The summed E-state index contributed by atoms with van der Waals surface area (Å²) in [5, 5.41) is 8.80. The Morgan fingerprint density at radius 2 is 2.17 bits per heavy atom. The molecule has 0 unspecified atom stereocenters. The number of likely N-dealkylation sites (N-methyl/N-ethyl adjacent to an activating group) is 1. The maximum absolute atomic E-state index is 5.07. The minimum Gasteiger partial charge on any atom is -0.385 e. The van der Waals surface area contributed by atoms with Crippen LogP contribution < -0.4 is 10.6 Å². The second-order valence-electron chi connectivity index (χ2n) is 5.17. The predicted octanol–water partition coefficient (Wildman–Crippen LogP) is 2.43. The van der Waals surface area contributed by atoms with Crippen LogP contribution in [0.1, 0.15) is 18.2 Å². The van der Waals surface area contributed by atoms with Gasteiger partial charge in [-0.15, -0.1) is 35.3 Å². The largest absolute Gasteiger partial charge is 0.385 e. The molecule has 0 spiro atoms. The van der Waals surface area contributed by atoms with Gasteiger partial charge in [0.1, 0.15) is 0 Å². The van der Waals surface area contributed by atoms with Gasteiger partial charge in [-0.25, -0.2) is 0 Å². The quantitative estimate of drug-likeness (QED) is 0.234. The van der Waals surface area contributed by atoms with Gasteiger partial charge in [0.25, 0.3) is 0 Å². The Labute approximate surface area is 161 Å². The summed E-state index contributed by atoms with van der Waals surface area (Å²) in [5.74, 6) is 0.907. The number of hydrogen-bond donors (Lipinski definition) is 2. The van der Waals surface area contributed by atoms with Crippen LogP contribution >= 0.6 is 35.3 Å². The Balaban J connectivity index is 0.00000484.